The highest BCUT2D eigenvalue weighted by Gasteiger charge is 2.48. The van der Waals surface area contributed by atoms with E-state index in [0.29, 0.717) is 28.6 Å². The molecule has 0 spiro atoms. The second kappa shape index (κ2) is 12.0. The number of ether oxygens (including phenoxy) is 2. The van der Waals surface area contributed by atoms with Crippen molar-refractivity contribution in [1.29, 1.82) is 0 Å². The number of rotatable bonds is 9. The normalized spacial score (nSPS) is 20.5. The van der Waals surface area contributed by atoms with E-state index in [-0.39, 0.29) is 12.3 Å². The third-order valence-electron chi connectivity index (χ3n) is 6.60. The molecule has 1 aliphatic rings. The summed E-state index contributed by atoms with van der Waals surface area (Å²) >= 11 is 12.3. The van der Waals surface area contributed by atoms with Crippen LogP contribution >= 0.6 is 23.2 Å². The Morgan fingerprint density at radius 1 is 0.973 bits per heavy atom. The highest BCUT2D eigenvalue weighted by molar-refractivity contribution is 6.30. The molecule has 0 saturated carbocycles. The molecule has 1 aliphatic heterocycles. The molecule has 8 heteroatoms. The largest absolute Gasteiger partial charge is 0.497 e. The van der Waals surface area contributed by atoms with Gasteiger partial charge in [0, 0.05) is 16.5 Å². The monoisotopic (exact) mass is 541 g/mol. The van der Waals surface area contributed by atoms with Crippen molar-refractivity contribution in [2.45, 2.75) is 50.5 Å². The number of aliphatic carboxylic acids is 1. The van der Waals surface area contributed by atoms with E-state index >= 15 is 0 Å². The predicted molar refractivity (Wildman–Crippen MR) is 143 cm³/mol. The zero-order valence-electron chi connectivity index (χ0n) is 20.6. The standard InChI is InChI=1S/C29H29Cl2NO5/c1-3-4-24(29(34)35)32-26(19-7-11-21(30)12-8-19)27(20-9-13-22(31)14-10-20)37-25(28(32)33)17-18-5-15-23(36-2)16-6-18/h5-16,24-27H,3-4,17H2,1-2H3,(H,34,35)/t24-,25+,26-,27+/m0/s1. The minimum absolute atomic E-state index is 0.287. The number of benzene rings is 3. The Balaban J connectivity index is 1.82. The van der Waals surface area contributed by atoms with Crippen LogP contribution in [-0.2, 0) is 20.7 Å². The first-order valence-corrected chi connectivity index (χ1v) is 12.9. The first-order chi connectivity index (χ1) is 17.8. The topological polar surface area (TPSA) is 76.1 Å². The number of hydrogen-bond donors (Lipinski definition) is 1. The van der Waals surface area contributed by atoms with Crippen molar-refractivity contribution in [1.82, 2.24) is 4.90 Å². The van der Waals surface area contributed by atoms with Gasteiger partial charge in [0.2, 0.25) is 0 Å². The second-order valence-electron chi connectivity index (χ2n) is 9.03. The molecule has 3 aromatic carbocycles. The van der Waals surface area contributed by atoms with Crippen LogP contribution in [0.4, 0.5) is 0 Å². The molecule has 1 fully saturated rings. The lowest BCUT2D eigenvalue weighted by Gasteiger charge is -2.47. The van der Waals surface area contributed by atoms with Crippen molar-refractivity contribution in [3.8, 4) is 5.75 Å². The summed E-state index contributed by atoms with van der Waals surface area (Å²) in [6.45, 7) is 1.91. The molecule has 0 aromatic heterocycles. The number of hydrogen-bond acceptors (Lipinski definition) is 4. The second-order valence-corrected chi connectivity index (χ2v) is 9.91. The molecule has 1 heterocycles. The van der Waals surface area contributed by atoms with Crippen LogP contribution in [0.5, 0.6) is 5.75 Å². The van der Waals surface area contributed by atoms with Gasteiger partial charge in [-0.2, -0.15) is 0 Å². The van der Waals surface area contributed by atoms with Crippen LogP contribution in [0.1, 0.15) is 48.6 Å². The fraction of sp³-hybridized carbons (Fsp3) is 0.310. The number of amides is 1. The predicted octanol–water partition coefficient (Wildman–Crippen LogP) is 6.51. The maximum atomic E-state index is 14.0. The summed E-state index contributed by atoms with van der Waals surface area (Å²) in [5, 5.41) is 11.3. The summed E-state index contributed by atoms with van der Waals surface area (Å²) in [6.07, 6.45) is -0.304. The van der Waals surface area contributed by atoms with Gasteiger partial charge in [-0.1, -0.05) is 72.9 Å². The average molecular weight is 542 g/mol. The van der Waals surface area contributed by atoms with E-state index in [1.54, 1.807) is 31.4 Å². The lowest BCUT2D eigenvalue weighted by Crippen LogP contribution is -2.57. The van der Waals surface area contributed by atoms with Crippen LogP contribution in [0, 0.1) is 0 Å². The van der Waals surface area contributed by atoms with E-state index in [1.165, 1.54) is 4.90 Å². The number of carboxylic acid groups (broad SMARTS) is 1. The van der Waals surface area contributed by atoms with Gasteiger partial charge < -0.3 is 19.5 Å². The Morgan fingerprint density at radius 3 is 2.05 bits per heavy atom. The Hall–Kier alpha value is -3.06. The van der Waals surface area contributed by atoms with Crippen molar-refractivity contribution in [2.24, 2.45) is 0 Å². The SMILES string of the molecule is CCC[C@@H](C(=O)O)N1C(=O)[C@@H](Cc2ccc(OC)cc2)O[C@H](c2ccc(Cl)cc2)[C@@H]1c1ccc(Cl)cc1. The van der Waals surface area contributed by atoms with E-state index in [2.05, 4.69) is 0 Å². The smallest absolute Gasteiger partial charge is 0.326 e. The van der Waals surface area contributed by atoms with E-state index in [4.69, 9.17) is 32.7 Å². The van der Waals surface area contributed by atoms with Gasteiger partial charge in [-0.15, -0.1) is 0 Å². The minimum Gasteiger partial charge on any atom is -0.497 e. The molecule has 0 aliphatic carbocycles. The van der Waals surface area contributed by atoms with Gasteiger partial charge in [-0.05, 0) is 59.5 Å². The summed E-state index contributed by atoms with van der Waals surface area (Å²) in [4.78, 5) is 28.0. The zero-order chi connectivity index (χ0) is 26.5. The van der Waals surface area contributed by atoms with Crippen LogP contribution in [0.2, 0.25) is 10.0 Å². The molecule has 3 aromatic rings. The molecular weight excluding hydrogens is 513 g/mol. The molecule has 1 N–H and O–H groups in total. The Bertz CT molecular complexity index is 1210. The van der Waals surface area contributed by atoms with Gasteiger partial charge in [0.15, 0.2) is 0 Å². The number of carboxylic acids is 1. The van der Waals surface area contributed by atoms with Gasteiger partial charge in [0.1, 0.15) is 24.0 Å². The highest BCUT2D eigenvalue weighted by atomic mass is 35.5. The zero-order valence-corrected chi connectivity index (χ0v) is 22.2. The highest BCUT2D eigenvalue weighted by Crippen LogP contribution is 2.44. The third-order valence-corrected chi connectivity index (χ3v) is 7.10. The number of methoxy groups -OCH3 is 1. The summed E-state index contributed by atoms with van der Waals surface area (Å²) in [5.74, 6) is -0.701. The van der Waals surface area contributed by atoms with Crippen LogP contribution in [0.3, 0.4) is 0 Å². The van der Waals surface area contributed by atoms with Crippen LogP contribution in [0.15, 0.2) is 72.8 Å². The lowest BCUT2D eigenvalue weighted by atomic mass is 9.88. The van der Waals surface area contributed by atoms with Crippen molar-refractivity contribution in [3.63, 3.8) is 0 Å². The molecular formula is C29H29Cl2NO5. The first-order valence-electron chi connectivity index (χ1n) is 12.2. The molecule has 194 valence electrons. The molecule has 0 unspecified atom stereocenters. The summed E-state index contributed by atoms with van der Waals surface area (Å²) in [7, 11) is 1.59. The molecule has 6 nitrogen and oxygen atoms in total. The fourth-order valence-corrected chi connectivity index (χ4v) is 5.03. The maximum Gasteiger partial charge on any atom is 0.326 e. The van der Waals surface area contributed by atoms with Crippen LogP contribution in [0.25, 0.3) is 0 Å². The molecule has 0 radical (unpaired) electrons. The molecule has 0 bridgehead atoms. The van der Waals surface area contributed by atoms with E-state index in [0.717, 1.165) is 16.7 Å². The Labute approximate surface area is 226 Å². The van der Waals surface area contributed by atoms with Gasteiger partial charge >= 0.3 is 5.97 Å². The molecule has 4 rings (SSSR count). The summed E-state index contributed by atoms with van der Waals surface area (Å²) in [5.41, 5.74) is 2.41. The van der Waals surface area contributed by atoms with Crippen LogP contribution in [-0.4, -0.2) is 41.1 Å². The molecule has 1 saturated heterocycles. The first kappa shape index (κ1) is 27.0. The van der Waals surface area contributed by atoms with Crippen molar-refractivity contribution >= 4 is 35.1 Å². The number of carbonyl (C=O) groups is 2. The van der Waals surface area contributed by atoms with Gasteiger partial charge in [-0.25, -0.2) is 4.79 Å². The average Bonchev–Trinajstić information content (AvgIpc) is 2.90. The maximum absolute atomic E-state index is 14.0. The van der Waals surface area contributed by atoms with Crippen molar-refractivity contribution < 1.29 is 24.2 Å². The van der Waals surface area contributed by atoms with Crippen molar-refractivity contribution in [3.05, 3.63) is 99.5 Å². The fourth-order valence-electron chi connectivity index (χ4n) is 4.78. The molecule has 4 atom stereocenters. The van der Waals surface area contributed by atoms with Crippen molar-refractivity contribution in [2.75, 3.05) is 7.11 Å². The van der Waals surface area contributed by atoms with Gasteiger partial charge in [0.25, 0.3) is 5.91 Å². The number of morpholine rings is 1. The van der Waals surface area contributed by atoms with E-state index < -0.39 is 30.3 Å². The number of nitrogens with zero attached hydrogens (tertiary/aromatic N) is 1. The minimum atomic E-state index is -1.05. The van der Waals surface area contributed by atoms with Gasteiger partial charge in [0.05, 0.1) is 13.2 Å². The Morgan fingerprint density at radius 2 is 1.54 bits per heavy atom. The Kier molecular flexibility index (Phi) is 8.75. The van der Waals surface area contributed by atoms with E-state index in [9.17, 15) is 14.7 Å². The lowest BCUT2D eigenvalue weighted by molar-refractivity contribution is -0.184. The van der Waals surface area contributed by atoms with E-state index in [1.807, 2.05) is 55.5 Å². The summed E-state index contributed by atoms with van der Waals surface area (Å²) in [6, 6.07) is 20.0. The molecule has 37 heavy (non-hydrogen) atoms. The summed E-state index contributed by atoms with van der Waals surface area (Å²) < 4.78 is 11.8. The third kappa shape index (κ3) is 6.09. The van der Waals surface area contributed by atoms with Gasteiger partial charge in [-0.3, -0.25) is 4.79 Å². The molecule has 1 amide bonds. The quantitative estimate of drug-likeness (QED) is 0.334. The number of halogens is 2. The number of carbonyl (C=O) groups excluding carboxylic acids is 1. The van der Waals surface area contributed by atoms with Crippen LogP contribution < -0.4 is 4.74 Å².